The third-order valence-corrected chi connectivity index (χ3v) is 12.7. The zero-order valence-corrected chi connectivity index (χ0v) is 48.2. The summed E-state index contributed by atoms with van der Waals surface area (Å²) in [6.45, 7) is -11.1. The van der Waals surface area contributed by atoms with Gasteiger partial charge in [-0.2, -0.15) is 0 Å². The first-order chi connectivity index (χ1) is 41.3. The number of carbonyl (C=O) groups excluding carboxylic acids is 15. The lowest BCUT2D eigenvalue weighted by molar-refractivity contribution is -0.314. The molecule has 0 aliphatic carbocycles. The van der Waals surface area contributed by atoms with Crippen LogP contribution in [-0.2, 0) is 71.9 Å². The van der Waals surface area contributed by atoms with Crippen molar-refractivity contribution in [3.63, 3.8) is 0 Å². The fourth-order valence-electron chi connectivity index (χ4n) is 8.57. The second-order valence-electron chi connectivity index (χ2n) is 19.8. The van der Waals surface area contributed by atoms with Gasteiger partial charge in [-0.05, 0) is 51.4 Å². The number of hydrogen-bond donors (Lipinski definition) is 6. The number of unbranched alkanes of at least 4 members (excludes halogenated alkanes) is 2. The molecule has 0 aliphatic rings. The van der Waals surface area contributed by atoms with Crippen molar-refractivity contribution in [3.8, 4) is 0 Å². The fourth-order valence-corrected chi connectivity index (χ4v) is 8.57. The van der Waals surface area contributed by atoms with Gasteiger partial charge in [0.2, 0.25) is 29.5 Å². The normalized spacial score (nSPS) is 12.7. The van der Waals surface area contributed by atoms with Gasteiger partial charge in [0.15, 0.2) is 0 Å². The van der Waals surface area contributed by atoms with Crippen LogP contribution in [-0.4, -0.2) is 274 Å². The van der Waals surface area contributed by atoms with E-state index in [1.807, 2.05) is 0 Å². The maximum Gasteiger partial charge on any atom is 0.243 e. The standard InChI is InChI=1S/C50H84N13O25/c51-31-56-48(84)33(6-2-4-13-54-37(65)10-8-35(50(87)88)63(21-17-60(27-43(75)76)28-44(77)78)22-18-61(29-45(79)80)30-46(81)82)57-38(66)11-14-55-47(83)32(52)5-1-3-12-53-36(64)9-7-34(49(85)86)62(19-15-58(23-39(67)68)24-40(69)70)20-16-59(25-41(71)72)26-42(73)74/h32-35,52H,1-31,51H2,(H,53,64)(H,54,65)(H,55,83)(H,56,84)(H,57,66)(H,67,68)(H,69,70)(H,71,72)(H,73,74)(H,75,76)(H,77,78)(H,79,80)(H,81,82)(H,85,86)(H,87,88)/p-10/t32-,33-,34?,35?/m0/s1. The summed E-state index contributed by atoms with van der Waals surface area (Å²) in [5.41, 5.74) is 13.6. The van der Waals surface area contributed by atoms with Crippen molar-refractivity contribution in [2.24, 2.45) is 5.73 Å². The Labute approximate surface area is 504 Å². The molecule has 0 aromatic carbocycles. The van der Waals surface area contributed by atoms with E-state index in [1.54, 1.807) is 0 Å². The molecular weight excluding hydrogens is 1180 g/mol. The van der Waals surface area contributed by atoms with Gasteiger partial charge in [0.25, 0.3) is 0 Å². The molecule has 0 saturated carbocycles. The fraction of sp³-hybridized carbons (Fsp3) is 0.700. The Kier molecular flexibility index (Phi) is 40.8. The Morgan fingerprint density at radius 3 is 0.966 bits per heavy atom. The van der Waals surface area contributed by atoms with Gasteiger partial charge in [-0.3, -0.25) is 53.4 Å². The lowest BCUT2D eigenvalue weighted by Crippen LogP contribution is -2.54. The average molecular weight is 1260 g/mol. The topological polar surface area (TPSA) is 616 Å². The molecule has 499 valence electrons. The Morgan fingerprint density at radius 2 is 0.670 bits per heavy atom. The van der Waals surface area contributed by atoms with E-state index < -0.39 is 244 Å². The van der Waals surface area contributed by atoms with Gasteiger partial charge >= 0.3 is 0 Å². The molecule has 5 amide bonds. The minimum Gasteiger partial charge on any atom is -0.549 e. The molecule has 0 rings (SSSR count). The molecule has 0 saturated heterocycles. The van der Waals surface area contributed by atoms with Crippen molar-refractivity contribution < 1.29 is 123 Å². The van der Waals surface area contributed by atoms with Crippen LogP contribution in [0.5, 0.6) is 0 Å². The van der Waals surface area contributed by atoms with E-state index >= 15 is 0 Å². The van der Waals surface area contributed by atoms with Crippen LogP contribution in [0, 0.1) is 0 Å². The molecule has 0 aromatic heterocycles. The van der Waals surface area contributed by atoms with Gasteiger partial charge < -0.3 is 131 Å². The van der Waals surface area contributed by atoms with Crippen molar-refractivity contribution in [3.05, 3.63) is 0 Å². The first-order valence-corrected chi connectivity index (χ1v) is 27.5. The summed E-state index contributed by atoms with van der Waals surface area (Å²) in [4.78, 5) is 184. The van der Waals surface area contributed by atoms with Crippen LogP contribution in [0.1, 0.15) is 70.6 Å². The molecule has 38 heteroatoms. The third kappa shape index (κ3) is 40.2. The highest BCUT2D eigenvalue weighted by Crippen LogP contribution is 2.12. The predicted octanol–water partition coefficient (Wildman–Crippen LogP) is -20.2. The molecule has 38 nitrogen and oxygen atoms in total. The van der Waals surface area contributed by atoms with Crippen molar-refractivity contribution in [2.75, 3.05) is 131 Å². The minimum atomic E-state index is -1.74. The minimum absolute atomic E-state index is 0.00627. The van der Waals surface area contributed by atoms with E-state index in [0.29, 0.717) is 0 Å². The van der Waals surface area contributed by atoms with E-state index in [-0.39, 0.29) is 71.2 Å². The molecule has 0 aliphatic heterocycles. The zero-order valence-electron chi connectivity index (χ0n) is 48.2. The van der Waals surface area contributed by atoms with Gasteiger partial charge in [0.05, 0.1) is 72.4 Å². The van der Waals surface area contributed by atoms with E-state index in [1.165, 1.54) is 0 Å². The Balaban J connectivity index is 5.31. The highest BCUT2D eigenvalue weighted by molar-refractivity contribution is 5.88. The summed E-state index contributed by atoms with van der Waals surface area (Å²) in [5, 5.41) is 127. The lowest BCUT2D eigenvalue weighted by Gasteiger charge is -2.36. The number of carboxylic acid groups (broad SMARTS) is 10. The quantitative estimate of drug-likeness (QED) is 0.0243. The molecule has 0 heterocycles. The Hall–Kier alpha value is -8.27. The van der Waals surface area contributed by atoms with Gasteiger partial charge in [0, 0.05) is 156 Å². The molecule has 0 aromatic rings. The molecule has 4 atom stereocenters. The maximum atomic E-state index is 12.8. The molecule has 0 bridgehead atoms. The van der Waals surface area contributed by atoms with Crippen LogP contribution in [0.4, 0.5) is 0 Å². The smallest absolute Gasteiger partial charge is 0.243 e. The summed E-state index contributed by atoms with van der Waals surface area (Å²) in [5.74, 6) is -20.4. The van der Waals surface area contributed by atoms with Crippen LogP contribution >= 0.6 is 0 Å². The number of amides is 5. The van der Waals surface area contributed by atoms with Crippen LogP contribution in [0.25, 0.3) is 0 Å². The number of carbonyl (C=O) groups is 15. The van der Waals surface area contributed by atoms with Gasteiger partial charge in [0.1, 0.15) is 6.04 Å². The number of nitrogens with zero attached hydrogens (tertiary/aromatic N) is 6. The van der Waals surface area contributed by atoms with Crippen molar-refractivity contribution >= 4 is 89.2 Å². The van der Waals surface area contributed by atoms with E-state index in [2.05, 4.69) is 26.6 Å². The first kappa shape index (κ1) is 79.7. The predicted molar refractivity (Wildman–Crippen MR) is 272 cm³/mol. The summed E-state index contributed by atoms with van der Waals surface area (Å²) >= 11 is 0. The first-order valence-electron chi connectivity index (χ1n) is 27.5. The monoisotopic (exact) mass is 1260 g/mol. The molecule has 0 fully saturated rings. The Bertz CT molecular complexity index is 2190. The van der Waals surface area contributed by atoms with Crippen molar-refractivity contribution in [1.29, 1.82) is 0 Å². The third-order valence-electron chi connectivity index (χ3n) is 12.7. The molecule has 2 unspecified atom stereocenters. The van der Waals surface area contributed by atoms with E-state index in [0.717, 1.165) is 29.4 Å². The molecular formula is C50H74N13O25-10. The highest BCUT2D eigenvalue weighted by Gasteiger charge is 2.26. The van der Waals surface area contributed by atoms with Gasteiger partial charge in [-0.15, -0.1) is 0 Å². The maximum absolute atomic E-state index is 12.8. The van der Waals surface area contributed by atoms with E-state index in [4.69, 9.17) is 11.5 Å². The van der Waals surface area contributed by atoms with Crippen molar-refractivity contribution in [1.82, 2.24) is 61.7 Å². The van der Waals surface area contributed by atoms with Crippen LogP contribution in [0.15, 0.2) is 0 Å². The summed E-state index contributed by atoms with van der Waals surface area (Å²) in [6.07, 6.45) is -1.24. The summed E-state index contributed by atoms with van der Waals surface area (Å²) < 4.78 is 0. The molecule has 1 radical (unpaired) electrons. The number of nitrogens with two attached hydrogens (primary N) is 1. The number of nitrogens with one attached hydrogen (secondary N) is 6. The summed E-state index contributed by atoms with van der Waals surface area (Å²) in [7, 11) is 0. The van der Waals surface area contributed by atoms with Crippen LogP contribution < -0.4 is 89.1 Å². The average Bonchev–Trinajstić information content (AvgIpc) is 3.46. The zero-order chi connectivity index (χ0) is 66.9. The second kappa shape index (κ2) is 45.1. The lowest BCUT2D eigenvalue weighted by atomic mass is 10.1. The van der Waals surface area contributed by atoms with Gasteiger partial charge in [-0.25, -0.2) is 5.73 Å². The van der Waals surface area contributed by atoms with Crippen LogP contribution in [0.2, 0.25) is 0 Å². The van der Waals surface area contributed by atoms with E-state index in [9.17, 15) is 123 Å². The number of aliphatic carboxylic acids is 10. The number of hydrogen-bond acceptors (Lipinski definition) is 32. The molecule has 8 N–H and O–H groups in total. The SMILES string of the molecule is [NH][C@@H](CCCCNC(=O)CCC(C(=O)[O-])N(CCN(CC(=O)[O-])CC(=O)[O-])CCN(CC(=O)[O-])CC(=O)[O-])C(=O)NCCC(=O)N[C@@H](CCCCNC(=O)CCC(C(=O)[O-])N(CCN(CC(=O)[O-])CC(=O)[O-])CCN(CC(=O)[O-])CC(=O)[O-])C(=O)NCN. The van der Waals surface area contributed by atoms with Crippen molar-refractivity contribution in [2.45, 2.75) is 94.8 Å². The second-order valence-corrected chi connectivity index (χ2v) is 19.8. The largest absolute Gasteiger partial charge is 0.549 e. The Morgan fingerprint density at radius 1 is 0.352 bits per heavy atom. The molecule has 0 spiro atoms. The number of rotatable bonds is 55. The van der Waals surface area contributed by atoms with Crippen LogP contribution in [0.3, 0.4) is 0 Å². The van der Waals surface area contributed by atoms with Gasteiger partial charge in [-0.1, -0.05) is 0 Å². The summed E-state index contributed by atoms with van der Waals surface area (Å²) in [6, 6.07) is -5.71. The number of carboxylic acids is 10. The highest BCUT2D eigenvalue weighted by atomic mass is 16.4. The molecule has 88 heavy (non-hydrogen) atoms.